The number of rotatable bonds is 6. The van der Waals surface area contributed by atoms with E-state index < -0.39 is 0 Å². The summed E-state index contributed by atoms with van der Waals surface area (Å²) in [5.74, 6) is 1.47. The van der Waals surface area contributed by atoms with Crippen LogP contribution in [0.5, 0.6) is 0 Å². The lowest BCUT2D eigenvalue weighted by Gasteiger charge is -2.12. The van der Waals surface area contributed by atoms with Crippen molar-refractivity contribution < 1.29 is 4.39 Å². The molecule has 0 amide bonds. The Morgan fingerprint density at radius 1 is 1.37 bits per heavy atom. The van der Waals surface area contributed by atoms with Crippen LogP contribution in [-0.2, 0) is 13.5 Å². The molecule has 0 saturated carbocycles. The largest absolute Gasteiger partial charge is 0.331 e. The summed E-state index contributed by atoms with van der Waals surface area (Å²) in [5.41, 5.74) is 7.35. The van der Waals surface area contributed by atoms with Gasteiger partial charge in [0, 0.05) is 13.5 Å². The molecule has 2 rings (SSSR count). The van der Waals surface area contributed by atoms with Crippen molar-refractivity contribution in [3.8, 4) is 0 Å². The van der Waals surface area contributed by atoms with Crippen molar-refractivity contribution in [2.75, 3.05) is 6.54 Å². The van der Waals surface area contributed by atoms with Crippen LogP contribution in [0.3, 0.4) is 0 Å². The van der Waals surface area contributed by atoms with Crippen LogP contribution in [0.15, 0.2) is 18.2 Å². The van der Waals surface area contributed by atoms with E-state index in [1.165, 1.54) is 6.07 Å². The second-order valence-electron chi connectivity index (χ2n) is 5.11. The van der Waals surface area contributed by atoms with Crippen molar-refractivity contribution in [2.24, 2.45) is 18.7 Å². The first kappa shape index (κ1) is 14.0. The first-order valence-corrected chi connectivity index (χ1v) is 6.96. The summed E-state index contributed by atoms with van der Waals surface area (Å²) < 4.78 is 15.2. The van der Waals surface area contributed by atoms with E-state index in [1.807, 2.05) is 11.6 Å². The zero-order valence-electron chi connectivity index (χ0n) is 11.7. The molecule has 0 spiro atoms. The summed E-state index contributed by atoms with van der Waals surface area (Å²) in [6, 6.07) is 4.75. The Balaban J connectivity index is 2.14. The normalized spacial score (nSPS) is 13.1. The molecule has 1 aromatic heterocycles. The minimum atomic E-state index is -0.211. The highest BCUT2D eigenvalue weighted by atomic mass is 19.1. The van der Waals surface area contributed by atoms with E-state index in [1.54, 1.807) is 12.1 Å². The number of aromatic nitrogens is 2. The summed E-state index contributed by atoms with van der Waals surface area (Å²) in [6.45, 7) is 2.94. The molecular weight excluding hydrogens is 241 g/mol. The van der Waals surface area contributed by atoms with Gasteiger partial charge in [-0.1, -0.05) is 13.3 Å². The average molecular weight is 263 g/mol. The van der Waals surface area contributed by atoms with Crippen LogP contribution >= 0.6 is 0 Å². The van der Waals surface area contributed by atoms with Crippen LogP contribution in [-0.4, -0.2) is 16.1 Å². The van der Waals surface area contributed by atoms with E-state index >= 15 is 0 Å². The molecule has 1 aromatic carbocycles. The van der Waals surface area contributed by atoms with Gasteiger partial charge in [0.1, 0.15) is 11.6 Å². The average Bonchev–Trinajstić information content (AvgIpc) is 2.71. The van der Waals surface area contributed by atoms with Crippen molar-refractivity contribution in [3.63, 3.8) is 0 Å². The molecule has 0 aliphatic carbocycles. The Bertz CT molecular complexity index is 548. The Morgan fingerprint density at radius 2 is 2.16 bits per heavy atom. The lowest BCUT2D eigenvalue weighted by atomic mass is 9.96. The van der Waals surface area contributed by atoms with Crippen LogP contribution in [0.25, 0.3) is 11.0 Å². The second kappa shape index (κ2) is 6.15. The van der Waals surface area contributed by atoms with E-state index in [0.717, 1.165) is 49.1 Å². The Hall–Kier alpha value is -1.42. The van der Waals surface area contributed by atoms with Gasteiger partial charge in [-0.15, -0.1) is 0 Å². The minimum absolute atomic E-state index is 0.211. The lowest BCUT2D eigenvalue weighted by molar-refractivity contribution is 0.437. The van der Waals surface area contributed by atoms with E-state index in [4.69, 9.17) is 5.73 Å². The fourth-order valence-corrected chi connectivity index (χ4v) is 2.56. The number of imidazole rings is 1. The first-order chi connectivity index (χ1) is 9.15. The number of fused-ring (bicyclic) bond motifs is 1. The standard InChI is InChI=1S/C15H22FN3/c1-3-11(8-9-17)4-7-15-18-13-6-5-12(16)10-14(13)19(15)2/h5-6,10-11H,3-4,7-9,17H2,1-2H3. The molecule has 3 nitrogen and oxygen atoms in total. The predicted octanol–water partition coefficient (Wildman–Crippen LogP) is 3.02. The number of aryl methyl sites for hydroxylation is 2. The number of hydrogen-bond acceptors (Lipinski definition) is 2. The van der Waals surface area contributed by atoms with E-state index in [2.05, 4.69) is 11.9 Å². The van der Waals surface area contributed by atoms with Crippen LogP contribution < -0.4 is 5.73 Å². The molecule has 0 saturated heterocycles. The summed E-state index contributed by atoms with van der Waals surface area (Å²) in [5, 5.41) is 0. The molecule has 1 unspecified atom stereocenters. The van der Waals surface area contributed by atoms with Crippen LogP contribution in [0.2, 0.25) is 0 Å². The molecule has 0 radical (unpaired) electrons. The monoisotopic (exact) mass is 263 g/mol. The van der Waals surface area contributed by atoms with Crippen LogP contribution in [0.4, 0.5) is 4.39 Å². The molecule has 1 heterocycles. The quantitative estimate of drug-likeness (QED) is 0.870. The van der Waals surface area contributed by atoms with Crippen molar-refractivity contribution in [1.29, 1.82) is 0 Å². The molecule has 4 heteroatoms. The van der Waals surface area contributed by atoms with E-state index in [-0.39, 0.29) is 5.82 Å². The molecule has 0 aliphatic rings. The van der Waals surface area contributed by atoms with Crippen molar-refractivity contribution in [3.05, 3.63) is 29.8 Å². The van der Waals surface area contributed by atoms with Gasteiger partial charge in [-0.2, -0.15) is 0 Å². The van der Waals surface area contributed by atoms with Gasteiger partial charge < -0.3 is 10.3 Å². The van der Waals surface area contributed by atoms with Crippen molar-refractivity contribution in [2.45, 2.75) is 32.6 Å². The molecule has 2 N–H and O–H groups in total. The maximum Gasteiger partial charge on any atom is 0.125 e. The highest BCUT2D eigenvalue weighted by Crippen LogP contribution is 2.20. The van der Waals surface area contributed by atoms with Gasteiger partial charge in [-0.05, 0) is 43.5 Å². The summed E-state index contributed by atoms with van der Waals surface area (Å²) in [6.07, 6.45) is 4.23. The van der Waals surface area contributed by atoms with Gasteiger partial charge in [0.15, 0.2) is 0 Å². The number of benzene rings is 1. The number of nitrogens with two attached hydrogens (primary N) is 1. The van der Waals surface area contributed by atoms with Crippen molar-refractivity contribution >= 4 is 11.0 Å². The van der Waals surface area contributed by atoms with Gasteiger partial charge in [0.2, 0.25) is 0 Å². The van der Waals surface area contributed by atoms with Crippen LogP contribution in [0, 0.1) is 11.7 Å². The van der Waals surface area contributed by atoms with E-state index in [9.17, 15) is 4.39 Å². The minimum Gasteiger partial charge on any atom is -0.331 e. The summed E-state index contributed by atoms with van der Waals surface area (Å²) >= 11 is 0. The third-order valence-corrected chi connectivity index (χ3v) is 3.86. The van der Waals surface area contributed by atoms with Crippen molar-refractivity contribution in [1.82, 2.24) is 9.55 Å². The topological polar surface area (TPSA) is 43.8 Å². The highest BCUT2D eigenvalue weighted by molar-refractivity contribution is 5.75. The maximum absolute atomic E-state index is 13.2. The molecular formula is C15H22FN3. The first-order valence-electron chi connectivity index (χ1n) is 6.96. The zero-order valence-corrected chi connectivity index (χ0v) is 11.7. The maximum atomic E-state index is 13.2. The number of nitrogens with zero attached hydrogens (tertiary/aromatic N) is 2. The highest BCUT2D eigenvalue weighted by Gasteiger charge is 2.11. The van der Waals surface area contributed by atoms with Crippen LogP contribution in [0.1, 0.15) is 32.0 Å². The zero-order chi connectivity index (χ0) is 13.8. The molecule has 0 fully saturated rings. The third-order valence-electron chi connectivity index (χ3n) is 3.86. The molecule has 0 bridgehead atoms. The smallest absolute Gasteiger partial charge is 0.125 e. The fourth-order valence-electron chi connectivity index (χ4n) is 2.56. The number of hydrogen-bond donors (Lipinski definition) is 1. The molecule has 2 aromatic rings. The SMILES string of the molecule is CCC(CCN)CCc1nc2ccc(F)cc2n1C. The molecule has 0 aliphatic heterocycles. The van der Waals surface area contributed by atoms with Gasteiger partial charge in [0.05, 0.1) is 11.0 Å². The van der Waals surface area contributed by atoms with Gasteiger partial charge in [-0.25, -0.2) is 9.37 Å². The molecule has 19 heavy (non-hydrogen) atoms. The molecule has 1 atom stereocenters. The predicted molar refractivity (Wildman–Crippen MR) is 76.4 cm³/mol. The Morgan fingerprint density at radius 3 is 2.84 bits per heavy atom. The van der Waals surface area contributed by atoms with Gasteiger partial charge in [0.25, 0.3) is 0 Å². The summed E-state index contributed by atoms with van der Waals surface area (Å²) in [4.78, 5) is 4.58. The number of halogens is 1. The van der Waals surface area contributed by atoms with Gasteiger partial charge in [-0.3, -0.25) is 0 Å². The van der Waals surface area contributed by atoms with Gasteiger partial charge >= 0.3 is 0 Å². The van der Waals surface area contributed by atoms with E-state index in [0.29, 0.717) is 5.92 Å². The second-order valence-corrected chi connectivity index (χ2v) is 5.11. The fraction of sp³-hybridized carbons (Fsp3) is 0.533. The Kier molecular flexibility index (Phi) is 4.53. The lowest BCUT2D eigenvalue weighted by Crippen LogP contribution is -2.10. The summed E-state index contributed by atoms with van der Waals surface area (Å²) in [7, 11) is 1.95. The third kappa shape index (κ3) is 3.13. The Labute approximate surface area is 113 Å². The molecule has 104 valence electrons.